The average Bonchev–Trinajstić information content (AvgIpc) is 2.67. The summed E-state index contributed by atoms with van der Waals surface area (Å²) < 4.78 is 26.2. The molecule has 0 radical (unpaired) electrons. The quantitative estimate of drug-likeness (QED) is 0.223. The minimum Gasteiger partial charge on any atom is -0.466 e. The molecule has 0 spiro atoms. The van der Waals surface area contributed by atoms with Crippen LogP contribution in [0, 0.1) is 0 Å². The van der Waals surface area contributed by atoms with Gasteiger partial charge in [-0.25, -0.2) is 0 Å². The first kappa shape index (κ1) is 26.0. The van der Waals surface area contributed by atoms with Crippen molar-refractivity contribution in [1.82, 2.24) is 5.32 Å². The van der Waals surface area contributed by atoms with Gasteiger partial charge in [0, 0.05) is 33.8 Å². The van der Waals surface area contributed by atoms with E-state index in [0.29, 0.717) is 38.6 Å². The molecule has 0 fully saturated rings. The Hall–Kier alpha value is -1.00. The maximum atomic E-state index is 12.1. The van der Waals surface area contributed by atoms with Gasteiger partial charge in [-0.2, -0.15) is 0 Å². The minimum atomic E-state index is -2.59. The monoisotopic (exact) mass is 407 g/mol. The third kappa shape index (κ3) is 11.4. The van der Waals surface area contributed by atoms with Gasteiger partial charge in [-0.05, 0) is 39.7 Å². The van der Waals surface area contributed by atoms with Gasteiger partial charge in [0.2, 0.25) is 0 Å². The van der Waals surface area contributed by atoms with Crippen LogP contribution < -0.4 is 5.32 Å². The lowest BCUT2D eigenvalue weighted by atomic mass is 10.1. The fourth-order valence-electron chi connectivity index (χ4n) is 2.71. The third-order valence-electron chi connectivity index (χ3n) is 4.23. The molecule has 0 saturated heterocycles. The zero-order valence-electron chi connectivity index (χ0n) is 17.5. The van der Waals surface area contributed by atoms with Gasteiger partial charge in [0.1, 0.15) is 6.04 Å². The van der Waals surface area contributed by atoms with Gasteiger partial charge in [0.05, 0.1) is 13.2 Å². The molecule has 0 aromatic heterocycles. The van der Waals surface area contributed by atoms with Gasteiger partial charge in [0.15, 0.2) is 0 Å². The van der Waals surface area contributed by atoms with Crippen molar-refractivity contribution in [2.45, 2.75) is 64.5 Å². The molecule has 8 nitrogen and oxygen atoms in total. The van der Waals surface area contributed by atoms with Gasteiger partial charge in [-0.3, -0.25) is 9.59 Å². The third-order valence-corrected chi connectivity index (χ3v) is 7.07. The van der Waals surface area contributed by atoms with Crippen LogP contribution in [0.4, 0.5) is 0 Å². The Labute approximate surface area is 164 Å². The van der Waals surface area contributed by atoms with Crippen LogP contribution in [0.15, 0.2) is 0 Å². The van der Waals surface area contributed by atoms with Crippen LogP contribution in [-0.4, -0.2) is 67.9 Å². The Morgan fingerprint density at radius 1 is 0.889 bits per heavy atom. The van der Waals surface area contributed by atoms with Crippen molar-refractivity contribution >= 4 is 20.7 Å². The number of hydrogen-bond acceptors (Lipinski definition) is 8. The predicted molar refractivity (Wildman–Crippen MR) is 104 cm³/mol. The van der Waals surface area contributed by atoms with Gasteiger partial charge in [-0.15, -0.1) is 0 Å². The number of hydrogen-bond donors (Lipinski definition) is 1. The Balaban J connectivity index is 4.25. The SMILES string of the molecule is CCOC(=O)CCCCCC(NCCC[Si](OC)(OC)OC)C(=O)OCC. The molecule has 0 rings (SSSR count). The van der Waals surface area contributed by atoms with Crippen molar-refractivity contribution in [3.05, 3.63) is 0 Å². The van der Waals surface area contributed by atoms with Gasteiger partial charge >= 0.3 is 20.7 Å². The summed E-state index contributed by atoms with van der Waals surface area (Å²) in [4.78, 5) is 23.5. The molecular weight excluding hydrogens is 370 g/mol. The van der Waals surface area contributed by atoms with Crippen molar-refractivity contribution in [2.24, 2.45) is 0 Å². The fraction of sp³-hybridized carbons (Fsp3) is 0.889. The molecule has 27 heavy (non-hydrogen) atoms. The molecule has 1 unspecified atom stereocenters. The summed E-state index contributed by atoms with van der Waals surface area (Å²) in [6.07, 6.45) is 4.32. The van der Waals surface area contributed by atoms with E-state index >= 15 is 0 Å². The lowest BCUT2D eigenvalue weighted by Gasteiger charge is -2.24. The highest BCUT2D eigenvalue weighted by Gasteiger charge is 2.36. The first-order valence-corrected chi connectivity index (χ1v) is 11.6. The van der Waals surface area contributed by atoms with E-state index in [1.165, 1.54) is 0 Å². The lowest BCUT2D eigenvalue weighted by molar-refractivity contribution is -0.146. The number of carbonyl (C=O) groups excluding carboxylic acids is 2. The van der Waals surface area contributed by atoms with E-state index < -0.39 is 8.80 Å². The molecule has 0 bridgehead atoms. The number of nitrogens with one attached hydrogen (secondary N) is 1. The van der Waals surface area contributed by atoms with Crippen LogP contribution >= 0.6 is 0 Å². The van der Waals surface area contributed by atoms with Crippen LogP contribution in [0.25, 0.3) is 0 Å². The highest BCUT2D eigenvalue weighted by molar-refractivity contribution is 6.60. The Morgan fingerprint density at radius 3 is 2.07 bits per heavy atom. The molecule has 1 atom stereocenters. The minimum absolute atomic E-state index is 0.167. The molecule has 0 aromatic rings. The molecule has 0 aliphatic rings. The second-order valence-corrected chi connectivity index (χ2v) is 9.15. The molecule has 0 aromatic carbocycles. The van der Waals surface area contributed by atoms with Gasteiger partial charge < -0.3 is 28.1 Å². The van der Waals surface area contributed by atoms with Crippen LogP contribution in [0.5, 0.6) is 0 Å². The number of rotatable bonds is 17. The van der Waals surface area contributed by atoms with Crippen molar-refractivity contribution in [3.8, 4) is 0 Å². The van der Waals surface area contributed by atoms with Crippen molar-refractivity contribution in [1.29, 1.82) is 0 Å². The zero-order chi connectivity index (χ0) is 20.5. The van der Waals surface area contributed by atoms with E-state index in [0.717, 1.165) is 25.7 Å². The summed E-state index contributed by atoms with van der Waals surface area (Å²) in [7, 11) is 2.18. The highest BCUT2D eigenvalue weighted by Crippen LogP contribution is 2.15. The number of unbranched alkanes of at least 4 members (excludes halogenated alkanes) is 2. The topological polar surface area (TPSA) is 92.3 Å². The van der Waals surface area contributed by atoms with E-state index in [9.17, 15) is 9.59 Å². The molecular formula is C18H37NO7Si. The molecule has 160 valence electrons. The molecule has 0 heterocycles. The van der Waals surface area contributed by atoms with Crippen molar-refractivity contribution in [3.63, 3.8) is 0 Å². The van der Waals surface area contributed by atoms with Crippen molar-refractivity contribution < 1.29 is 32.3 Å². The van der Waals surface area contributed by atoms with E-state index in [1.807, 2.05) is 0 Å². The summed E-state index contributed by atoms with van der Waals surface area (Å²) in [5.74, 6) is -0.406. The summed E-state index contributed by atoms with van der Waals surface area (Å²) in [5, 5.41) is 3.26. The van der Waals surface area contributed by atoms with E-state index in [1.54, 1.807) is 35.2 Å². The summed E-state index contributed by atoms with van der Waals surface area (Å²) >= 11 is 0. The van der Waals surface area contributed by atoms with Crippen molar-refractivity contribution in [2.75, 3.05) is 41.1 Å². The fourth-order valence-corrected chi connectivity index (χ4v) is 4.43. The maximum absolute atomic E-state index is 12.1. The van der Waals surface area contributed by atoms with Gasteiger partial charge in [0.25, 0.3) is 0 Å². The summed E-state index contributed by atoms with van der Waals surface area (Å²) in [5.41, 5.74) is 0. The second-order valence-electron chi connectivity index (χ2n) is 6.06. The molecule has 9 heteroatoms. The maximum Gasteiger partial charge on any atom is 0.500 e. The molecule has 0 aliphatic heterocycles. The van der Waals surface area contributed by atoms with Crippen LogP contribution in [0.2, 0.25) is 6.04 Å². The van der Waals surface area contributed by atoms with Crippen LogP contribution in [-0.2, 0) is 32.3 Å². The normalized spacial score (nSPS) is 12.6. The number of ether oxygens (including phenoxy) is 2. The van der Waals surface area contributed by atoms with Crippen LogP contribution in [0.3, 0.4) is 0 Å². The average molecular weight is 408 g/mol. The molecule has 0 saturated carbocycles. The summed E-state index contributed by atoms with van der Waals surface area (Å²) in [6.45, 7) is 4.99. The molecule has 0 aliphatic carbocycles. The predicted octanol–water partition coefficient (Wildman–Crippen LogP) is 2.29. The molecule has 0 amide bonds. The largest absolute Gasteiger partial charge is 0.500 e. The van der Waals surface area contributed by atoms with E-state index in [2.05, 4.69) is 5.32 Å². The molecule has 1 N–H and O–H groups in total. The smallest absolute Gasteiger partial charge is 0.466 e. The van der Waals surface area contributed by atoms with E-state index in [-0.39, 0.29) is 18.0 Å². The second kappa shape index (κ2) is 16.0. The van der Waals surface area contributed by atoms with Gasteiger partial charge in [-0.1, -0.05) is 12.8 Å². The Morgan fingerprint density at radius 2 is 1.52 bits per heavy atom. The first-order valence-electron chi connectivity index (χ1n) is 9.69. The first-order chi connectivity index (χ1) is 13.0. The number of carbonyl (C=O) groups is 2. The standard InChI is InChI=1S/C18H37NO7Si/c1-6-25-17(20)13-10-8-9-12-16(18(21)26-7-2)19-14-11-15-27(22-3,23-4)24-5/h16,19H,6-15H2,1-5H3. The highest BCUT2D eigenvalue weighted by atomic mass is 28.4. The zero-order valence-corrected chi connectivity index (χ0v) is 18.5. The lowest BCUT2D eigenvalue weighted by Crippen LogP contribution is -2.44. The van der Waals surface area contributed by atoms with E-state index in [4.69, 9.17) is 22.8 Å². The van der Waals surface area contributed by atoms with Crippen LogP contribution in [0.1, 0.15) is 52.4 Å². The Kier molecular flexibility index (Phi) is 15.4. The Bertz CT molecular complexity index is 397. The number of esters is 2. The summed E-state index contributed by atoms with van der Waals surface area (Å²) in [6, 6.07) is 0.315.